The van der Waals surface area contributed by atoms with E-state index in [1.165, 1.54) is 16.7 Å². The summed E-state index contributed by atoms with van der Waals surface area (Å²) >= 11 is 0. The molecule has 0 spiro atoms. The molecular weight excluding hydrogens is 437 g/mol. The van der Waals surface area contributed by atoms with Crippen molar-refractivity contribution in [2.24, 2.45) is 7.05 Å². The Morgan fingerprint density at radius 3 is 2.76 bits per heavy atom. The monoisotopic (exact) mass is 465 g/mol. The van der Waals surface area contributed by atoms with Gasteiger partial charge in [-0.2, -0.15) is 0 Å². The van der Waals surface area contributed by atoms with Crippen LogP contribution in [0.2, 0.25) is 0 Å². The number of hydrogen-bond acceptors (Lipinski definition) is 6. The van der Waals surface area contributed by atoms with E-state index in [1.54, 1.807) is 19.2 Å². The minimum absolute atomic E-state index is 0.0239. The Bertz CT molecular complexity index is 1280. The summed E-state index contributed by atoms with van der Waals surface area (Å²) in [5, 5.41) is 7.17. The molecule has 0 saturated carbocycles. The number of pyridine rings is 2. The molecular formula is C25H28FN5O3. The lowest BCUT2D eigenvalue weighted by atomic mass is 10.0. The van der Waals surface area contributed by atoms with Crippen LogP contribution in [-0.2, 0) is 24.8 Å². The Morgan fingerprint density at radius 2 is 1.94 bits per heavy atom. The smallest absolute Gasteiger partial charge is 0.263 e. The van der Waals surface area contributed by atoms with Crippen molar-refractivity contribution in [3.05, 3.63) is 63.8 Å². The van der Waals surface area contributed by atoms with E-state index in [0.717, 1.165) is 43.6 Å². The molecule has 5 rings (SSSR count). The zero-order valence-corrected chi connectivity index (χ0v) is 19.1. The fourth-order valence-electron chi connectivity index (χ4n) is 4.76. The van der Waals surface area contributed by atoms with Crippen LogP contribution in [0.4, 0.5) is 10.2 Å². The Labute approximate surface area is 196 Å². The lowest BCUT2D eigenvalue weighted by Crippen LogP contribution is -2.43. The predicted octanol–water partition coefficient (Wildman–Crippen LogP) is 2.20. The molecule has 2 aliphatic heterocycles. The number of aryl methyl sites for hydroxylation is 1. The number of ether oxygens (including phenoxy) is 1. The summed E-state index contributed by atoms with van der Waals surface area (Å²) in [5.41, 5.74) is 2.01. The highest BCUT2D eigenvalue weighted by Crippen LogP contribution is 2.25. The Balaban J connectivity index is 1.15. The number of carbonyl (C=O) groups excluding carboxylic acids is 1. The van der Waals surface area contributed by atoms with Crippen molar-refractivity contribution >= 4 is 22.6 Å². The van der Waals surface area contributed by atoms with E-state index in [2.05, 4.69) is 20.5 Å². The topological polar surface area (TPSA) is 88.5 Å². The van der Waals surface area contributed by atoms with E-state index >= 15 is 0 Å². The van der Waals surface area contributed by atoms with Gasteiger partial charge in [0.05, 0.1) is 11.2 Å². The zero-order valence-electron chi connectivity index (χ0n) is 19.1. The molecule has 178 valence electrons. The molecule has 1 saturated heterocycles. The highest BCUT2D eigenvalue weighted by molar-refractivity contribution is 5.94. The van der Waals surface area contributed by atoms with Crippen molar-refractivity contribution in [3.63, 3.8) is 0 Å². The van der Waals surface area contributed by atoms with Crippen LogP contribution >= 0.6 is 0 Å². The van der Waals surface area contributed by atoms with Crippen molar-refractivity contribution in [1.29, 1.82) is 0 Å². The van der Waals surface area contributed by atoms with Gasteiger partial charge in [-0.05, 0) is 68.1 Å². The molecule has 1 fully saturated rings. The Hall–Kier alpha value is -3.30. The third kappa shape index (κ3) is 4.67. The van der Waals surface area contributed by atoms with Gasteiger partial charge in [-0.1, -0.05) is 0 Å². The second-order valence-corrected chi connectivity index (χ2v) is 8.93. The zero-order chi connectivity index (χ0) is 23.7. The molecule has 9 heteroatoms. The molecule has 0 bridgehead atoms. The molecule has 3 aromatic rings. The van der Waals surface area contributed by atoms with Gasteiger partial charge in [0.15, 0.2) is 18.2 Å². The van der Waals surface area contributed by atoms with Crippen LogP contribution in [0.3, 0.4) is 0 Å². The molecule has 4 heterocycles. The van der Waals surface area contributed by atoms with Gasteiger partial charge in [0.1, 0.15) is 5.82 Å². The summed E-state index contributed by atoms with van der Waals surface area (Å²) in [6.45, 7) is 3.23. The molecule has 2 N–H and O–H groups in total. The summed E-state index contributed by atoms with van der Waals surface area (Å²) in [6, 6.07) is 10.6. The van der Waals surface area contributed by atoms with Gasteiger partial charge in [0.25, 0.3) is 11.5 Å². The van der Waals surface area contributed by atoms with Gasteiger partial charge in [-0.25, -0.2) is 9.37 Å². The average molecular weight is 466 g/mol. The number of nitrogens with one attached hydrogen (secondary N) is 2. The van der Waals surface area contributed by atoms with Crippen LogP contribution < -0.4 is 20.9 Å². The van der Waals surface area contributed by atoms with Crippen molar-refractivity contribution in [2.75, 3.05) is 31.6 Å². The molecule has 0 radical (unpaired) electrons. The SMILES string of the molecule is Cn1c(=O)ccc2ccc(F)c(CCN3CCC(NCc4ccc5c(n4)NC(=O)CO5)CC3)c21. The van der Waals surface area contributed by atoms with Crippen molar-refractivity contribution in [2.45, 2.75) is 31.8 Å². The van der Waals surface area contributed by atoms with Crippen LogP contribution in [0.15, 0.2) is 41.2 Å². The number of rotatable bonds is 6. The number of amides is 1. The minimum Gasteiger partial charge on any atom is -0.480 e. The molecule has 0 aliphatic carbocycles. The average Bonchev–Trinajstić information content (AvgIpc) is 2.85. The van der Waals surface area contributed by atoms with E-state index in [0.29, 0.717) is 41.7 Å². The van der Waals surface area contributed by atoms with Crippen molar-refractivity contribution in [3.8, 4) is 5.75 Å². The highest BCUT2D eigenvalue weighted by atomic mass is 19.1. The first-order valence-electron chi connectivity index (χ1n) is 11.6. The normalized spacial score (nSPS) is 16.8. The third-order valence-corrected chi connectivity index (χ3v) is 6.70. The van der Waals surface area contributed by atoms with E-state index < -0.39 is 0 Å². The molecule has 2 aliphatic rings. The summed E-state index contributed by atoms with van der Waals surface area (Å²) in [4.78, 5) is 30.4. The van der Waals surface area contributed by atoms with Crippen LogP contribution in [-0.4, -0.2) is 52.6 Å². The largest absolute Gasteiger partial charge is 0.480 e. The highest BCUT2D eigenvalue weighted by Gasteiger charge is 2.21. The van der Waals surface area contributed by atoms with Gasteiger partial charge in [-0.15, -0.1) is 0 Å². The van der Waals surface area contributed by atoms with E-state index in [4.69, 9.17) is 4.74 Å². The standard InChI is InChI=1S/C25H28FN5O3/c1-30-23(33)7-3-16-2-5-20(26)19(24(16)30)10-13-31-11-8-17(9-12-31)27-14-18-4-6-21-25(28-18)29-22(32)15-34-21/h2-7,17,27H,8-15H2,1H3,(H,28,29,32). The van der Waals surface area contributed by atoms with Crippen LogP contribution in [0.5, 0.6) is 5.75 Å². The number of likely N-dealkylation sites (tertiary alicyclic amines) is 1. The molecule has 0 unspecified atom stereocenters. The maximum Gasteiger partial charge on any atom is 0.263 e. The quantitative estimate of drug-likeness (QED) is 0.580. The second kappa shape index (κ2) is 9.52. The van der Waals surface area contributed by atoms with E-state index in [9.17, 15) is 14.0 Å². The third-order valence-electron chi connectivity index (χ3n) is 6.70. The first-order chi connectivity index (χ1) is 16.5. The number of piperidine rings is 1. The molecule has 34 heavy (non-hydrogen) atoms. The number of fused-ring (bicyclic) bond motifs is 2. The summed E-state index contributed by atoms with van der Waals surface area (Å²) < 4.78 is 21.5. The molecule has 8 nitrogen and oxygen atoms in total. The fourth-order valence-corrected chi connectivity index (χ4v) is 4.76. The van der Waals surface area contributed by atoms with Crippen molar-refractivity contribution in [1.82, 2.24) is 19.8 Å². The Morgan fingerprint density at radius 1 is 1.15 bits per heavy atom. The molecule has 0 atom stereocenters. The Kier molecular flexibility index (Phi) is 6.30. The van der Waals surface area contributed by atoms with Gasteiger partial charge >= 0.3 is 0 Å². The van der Waals surface area contributed by atoms with Gasteiger partial charge in [0.2, 0.25) is 0 Å². The van der Waals surface area contributed by atoms with Crippen LogP contribution in [0.25, 0.3) is 10.9 Å². The number of halogens is 1. The summed E-state index contributed by atoms with van der Waals surface area (Å²) in [7, 11) is 1.70. The number of aromatic nitrogens is 2. The van der Waals surface area contributed by atoms with E-state index in [-0.39, 0.29) is 23.9 Å². The number of carbonyl (C=O) groups is 1. The van der Waals surface area contributed by atoms with Gasteiger partial charge in [-0.3, -0.25) is 9.59 Å². The minimum atomic E-state index is -0.260. The lowest BCUT2D eigenvalue weighted by molar-refractivity contribution is -0.118. The van der Waals surface area contributed by atoms with Crippen molar-refractivity contribution < 1.29 is 13.9 Å². The lowest BCUT2D eigenvalue weighted by Gasteiger charge is -2.32. The van der Waals surface area contributed by atoms with Gasteiger partial charge < -0.3 is 24.8 Å². The first kappa shape index (κ1) is 22.5. The number of hydrogen-bond donors (Lipinski definition) is 2. The van der Waals surface area contributed by atoms with Crippen LogP contribution in [0, 0.1) is 5.82 Å². The predicted molar refractivity (Wildman–Crippen MR) is 128 cm³/mol. The van der Waals surface area contributed by atoms with E-state index in [1.807, 2.05) is 12.1 Å². The first-order valence-corrected chi connectivity index (χ1v) is 11.6. The fraction of sp³-hybridized carbons (Fsp3) is 0.400. The summed E-state index contributed by atoms with van der Waals surface area (Å²) in [5.74, 6) is 0.621. The number of nitrogens with zero attached hydrogens (tertiary/aromatic N) is 3. The maximum atomic E-state index is 14.7. The van der Waals surface area contributed by atoms with Gasteiger partial charge in [0, 0.05) is 37.8 Å². The molecule has 2 aromatic heterocycles. The maximum absolute atomic E-state index is 14.7. The summed E-state index contributed by atoms with van der Waals surface area (Å²) in [6.07, 6.45) is 2.54. The number of benzene rings is 1. The second-order valence-electron chi connectivity index (χ2n) is 8.93. The molecule has 1 aromatic carbocycles. The number of anilines is 1. The molecule has 1 amide bonds. The van der Waals surface area contributed by atoms with Crippen LogP contribution in [0.1, 0.15) is 24.1 Å².